The molecular weight excluding hydrogens is 374 g/mol. The standard InChI is InChI=1S/C21H23N3OS2/c25-20(19-14-23-21(27-19)18-5-4-12-26-18)22-13-16-6-8-17(9-7-16)15-24-10-2-1-3-11-24/h4-9,12,14H,1-3,10-11,13,15H2,(H,22,25). The van der Waals surface area contributed by atoms with Crippen LogP contribution < -0.4 is 5.32 Å². The van der Waals surface area contributed by atoms with Crippen molar-refractivity contribution in [2.75, 3.05) is 13.1 Å². The number of aromatic nitrogens is 1. The second kappa shape index (κ2) is 8.78. The summed E-state index contributed by atoms with van der Waals surface area (Å²) in [6.07, 6.45) is 5.66. The van der Waals surface area contributed by atoms with E-state index in [0.717, 1.165) is 22.0 Å². The second-order valence-corrected chi connectivity index (χ2v) is 8.82. The normalized spacial score (nSPS) is 15.0. The smallest absolute Gasteiger partial charge is 0.263 e. The number of likely N-dealkylation sites (tertiary alicyclic amines) is 1. The van der Waals surface area contributed by atoms with Gasteiger partial charge in [0.2, 0.25) is 0 Å². The first-order valence-corrected chi connectivity index (χ1v) is 11.1. The van der Waals surface area contributed by atoms with Crippen LogP contribution in [0.25, 0.3) is 9.88 Å². The molecule has 1 aliphatic heterocycles. The van der Waals surface area contributed by atoms with Crippen LogP contribution >= 0.6 is 22.7 Å². The van der Waals surface area contributed by atoms with Gasteiger partial charge in [-0.25, -0.2) is 4.98 Å². The van der Waals surface area contributed by atoms with E-state index in [1.807, 2.05) is 17.5 Å². The number of nitrogens with zero attached hydrogens (tertiary/aromatic N) is 2. The molecule has 27 heavy (non-hydrogen) atoms. The van der Waals surface area contributed by atoms with Crippen molar-refractivity contribution in [2.24, 2.45) is 0 Å². The molecule has 0 saturated carbocycles. The van der Waals surface area contributed by atoms with E-state index < -0.39 is 0 Å². The Morgan fingerprint density at radius 1 is 1.07 bits per heavy atom. The Balaban J connectivity index is 1.30. The van der Waals surface area contributed by atoms with E-state index in [9.17, 15) is 4.79 Å². The Morgan fingerprint density at radius 3 is 2.59 bits per heavy atom. The number of carbonyl (C=O) groups excluding carboxylic acids is 1. The molecular formula is C21H23N3OS2. The molecule has 1 aromatic carbocycles. The Bertz CT molecular complexity index is 865. The molecule has 1 N–H and O–H groups in total. The zero-order chi connectivity index (χ0) is 18.5. The maximum atomic E-state index is 12.4. The van der Waals surface area contributed by atoms with Crippen molar-refractivity contribution in [1.82, 2.24) is 15.2 Å². The highest BCUT2D eigenvalue weighted by Crippen LogP contribution is 2.28. The summed E-state index contributed by atoms with van der Waals surface area (Å²) in [5.74, 6) is -0.0623. The van der Waals surface area contributed by atoms with Gasteiger partial charge < -0.3 is 5.32 Å². The van der Waals surface area contributed by atoms with Gasteiger partial charge in [0.15, 0.2) is 0 Å². The van der Waals surface area contributed by atoms with E-state index in [2.05, 4.69) is 39.5 Å². The number of rotatable bonds is 6. The molecule has 140 valence electrons. The summed E-state index contributed by atoms with van der Waals surface area (Å²) in [4.78, 5) is 21.0. The van der Waals surface area contributed by atoms with Crippen LogP contribution in [0.5, 0.6) is 0 Å². The Hall–Kier alpha value is -2.02. The van der Waals surface area contributed by atoms with Gasteiger partial charge in [0.1, 0.15) is 9.88 Å². The summed E-state index contributed by atoms with van der Waals surface area (Å²) < 4.78 is 0. The van der Waals surface area contributed by atoms with Crippen molar-refractivity contribution in [3.63, 3.8) is 0 Å². The molecule has 0 unspecified atom stereocenters. The van der Waals surface area contributed by atoms with Crippen LogP contribution in [0.2, 0.25) is 0 Å². The highest BCUT2D eigenvalue weighted by molar-refractivity contribution is 7.21. The van der Waals surface area contributed by atoms with E-state index in [-0.39, 0.29) is 5.91 Å². The molecule has 1 fully saturated rings. The van der Waals surface area contributed by atoms with Crippen molar-refractivity contribution >= 4 is 28.6 Å². The van der Waals surface area contributed by atoms with Crippen molar-refractivity contribution in [3.05, 3.63) is 64.0 Å². The first kappa shape index (κ1) is 18.3. The molecule has 6 heteroatoms. The van der Waals surface area contributed by atoms with Gasteiger partial charge in [-0.3, -0.25) is 9.69 Å². The largest absolute Gasteiger partial charge is 0.347 e. The van der Waals surface area contributed by atoms with Crippen LogP contribution in [0.3, 0.4) is 0 Å². The molecule has 0 bridgehead atoms. The van der Waals surface area contributed by atoms with Gasteiger partial charge in [0.05, 0.1) is 11.1 Å². The Labute approximate surface area is 167 Å². The predicted octanol–water partition coefficient (Wildman–Crippen LogP) is 4.79. The topological polar surface area (TPSA) is 45.2 Å². The summed E-state index contributed by atoms with van der Waals surface area (Å²) in [7, 11) is 0. The minimum atomic E-state index is -0.0623. The average Bonchev–Trinajstić information content (AvgIpc) is 3.40. The first-order valence-electron chi connectivity index (χ1n) is 9.36. The monoisotopic (exact) mass is 397 g/mol. The van der Waals surface area contributed by atoms with Gasteiger partial charge in [-0.05, 0) is 48.5 Å². The summed E-state index contributed by atoms with van der Waals surface area (Å²) >= 11 is 3.08. The van der Waals surface area contributed by atoms with Gasteiger partial charge >= 0.3 is 0 Å². The fraction of sp³-hybridized carbons (Fsp3) is 0.333. The third-order valence-corrected chi connectivity index (χ3v) is 6.83. The molecule has 1 aliphatic rings. The maximum absolute atomic E-state index is 12.4. The van der Waals surface area contributed by atoms with Crippen LogP contribution in [0.15, 0.2) is 48.0 Å². The molecule has 2 aromatic heterocycles. The molecule has 4 nitrogen and oxygen atoms in total. The minimum absolute atomic E-state index is 0.0623. The highest BCUT2D eigenvalue weighted by Gasteiger charge is 2.13. The minimum Gasteiger partial charge on any atom is -0.347 e. The lowest BCUT2D eigenvalue weighted by Gasteiger charge is -2.26. The number of amides is 1. The van der Waals surface area contributed by atoms with Crippen molar-refractivity contribution < 1.29 is 4.79 Å². The fourth-order valence-electron chi connectivity index (χ4n) is 3.30. The van der Waals surface area contributed by atoms with Gasteiger partial charge in [0.25, 0.3) is 5.91 Å². The predicted molar refractivity (Wildman–Crippen MR) is 112 cm³/mol. The summed E-state index contributed by atoms with van der Waals surface area (Å²) in [5, 5.41) is 5.92. The van der Waals surface area contributed by atoms with Crippen LogP contribution in [-0.4, -0.2) is 28.9 Å². The fourth-order valence-corrected chi connectivity index (χ4v) is 4.94. The number of hydrogen-bond acceptors (Lipinski definition) is 5. The lowest BCUT2D eigenvalue weighted by molar-refractivity contribution is 0.0955. The van der Waals surface area contributed by atoms with Crippen molar-refractivity contribution in [2.45, 2.75) is 32.4 Å². The zero-order valence-electron chi connectivity index (χ0n) is 15.2. The lowest BCUT2D eigenvalue weighted by Crippen LogP contribution is -2.29. The van der Waals surface area contributed by atoms with E-state index >= 15 is 0 Å². The third kappa shape index (κ3) is 4.83. The molecule has 0 atom stereocenters. The van der Waals surface area contributed by atoms with Crippen LogP contribution in [0.4, 0.5) is 0 Å². The third-order valence-electron chi connectivity index (χ3n) is 4.79. The van der Waals surface area contributed by atoms with Crippen LogP contribution in [0.1, 0.15) is 40.1 Å². The number of hydrogen-bond donors (Lipinski definition) is 1. The molecule has 4 rings (SSSR count). The van der Waals surface area contributed by atoms with E-state index in [0.29, 0.717) is 11.4 Å². The van der Waals surface area contributed by atoms with E-state index in [1.54, 1.807) is 17.5 Å². The number of nitrogens with one attached hydrogen (secondary N) is 1. The summed E-state index contributed by atoms with van der Waals surface area (Å²) in [6.45, 7) is 3.98. The van der Waals surface area contributed by atoms with Gasteiger partial charge in [0, 0.05) is 13.1 Å². The van der Waals surface area contributed by atoms with Crippen LogP contribution in [-0.2, 0) is 13.1 Å². The lowest BCUT2D eigenvalue weighted by atomic mass is 10.1. The van der Waals surface area contributed by atoms with E-state index in [1.165, 1.54) is 49.3 Å². The molecule has 0 spiro atoms. The van der Waals surface area contributed by atoms with Gasteiger partial charge in [-0.1, -0.05) is 36.8 Å². The molecule has 1 saturated heterocycles. The molecule has 1 amide bonds. The molecule has 0 aliphatic carbocycles. The second-order valence-electron chi connectivity index (χ2n) is 6.84. The SMILES string of the molecule is O=C(NCc1ccc(CN2CCCCC2)cc1)c1cnc(-c2cccs2)s1. The quantitative estimate of drug-likeness (QED) is 0.651. The van der Waals surface area contributed by atoms with Gasteiger partial charge in [-0.15, -0.1) is 22.7 Å². The number of piperidine rings is 1. The Kier molecular flexibility index (Phi) is 5.97. The summed E-state index contributed by atoms with van der Waals surface area (Å²) in [6, 6.07) is 12.6. The molecule has 3 heterocycles. The van der Waals surface area contributed by atoms with E-state index in [4.69, 9.17) is 0 Å². The van der Waals surface area contributed by atoms with Crippen LogP contribution in [0, 0.1) is 0 Å². The van der Waals surface area contributed by atoms with Gasteiger partial charge in [-0.2, -0.15) is 0 Å². The van der Waals surface area contributed by atoms with Crippen molar-refractivity contribution in [1.29, 1.82) is 0 Å². The Morgan fingerprint density at radius 2 is 1.85 bits per heavy atom. The average molecular weight is 398 g/mol. The van der Waals surface area contributed by atoms with Crippen molar-refractivity contribution in [3.8, 4) is 9.88 Å². The number of thiazole rings is 1. The highest BCUT2D eigenvalue weighted by atomic mass is 32.1. The zero-order valence-corrected chi connectivity index (χ0v) is 16.8. The number of carbonyl (C=O) groups is 1. The number of thiophene rings is 1. The first-order chi connectivity index (χ1) is 13.3. The maximum Gasteiger partial charge on any atom is 0.263 e. The molecule has 0 radical (unpaired) electrons. The molecule has 3 aromatic rings. The summed E-state index contributed by atoms with van der Waals surface area (Å²) in [5.41, 5.74) is 2.46. The number of benzene rings is 1.